The third-order valence-electron chi connectivity index (χ3n) is 2.91. The van der Waals surface area contributed by atoms with Gasteiger partial charge in [0.05, 0.1) is 10.7 Å². The molecule has 104 valence electrons. The molecule has 0 aliphatic rings. The van der Waals surface area contributed by atoms with Gasteiger partial charge in [0.1, 0.15) is 5.82 Å². The molecule has 2 N–H and O–H groups in total. The Labute approximate surface area is 129 Å². The van der Waals surface area contributed by atoms with E-state index in [9.17, 15) is 0 Å². The molecule has 0 saturated carbocycles. The lowest BCUT2D eigenvalue weighted by atomic mass is 10.1. The van der Waals surface area contributed by atoms with Crippen LogP contribution in [0.4, 0.5) is 11.5 Å². The van der Waals surface area contributed by atoms with Crippen LogP contribution in [-0.4, -0.2) is 10.1 Å². The number of anilines is 2. The second kappa shape index (κ2) is 6.20. The Kier molecular flexibility index (Phi) is 4.57. The van der Waals surface area contributed by atoms with Gasteiger partial charge in [0.25, 0.3) is 0 Å². The Morgan fingerprint density at radius 2 is 1.90 bits per heavy atom. The Morgan fingerprint density at radius 3 is 2.55 bits per heavy atom. The van der Waals surface area contributed by atoms with Gasteiger partial charge in [-0.1, -0.05) is 23.7 Å². The fourth-order valence-corrected chi connectivity index (χ4v) is 2.51. The summed E-state index contributed by atoms with van der Waals surface area (Å²) in [7, 11) is 0. The minimum absolute atomic E-state index is 0.473. The van der Waals surface area contributed by atoms with Crippen molar-refractivity contribution in [3.63, 3.8) is 0 Å². The van der Waals surface area contributed by atoms with Crippen LogP contribution in [0.3, 0.4) is 0 Å². The van der Waals surface area contributed by atoms with E-state index in [0.29, 0.717) is 10.1 Å². The Hall–Kier alpha value is -1.65. The molecule has 0 aliphatic carbocycles. The van der Waals surface area contributed by atoms with Crippen molar-refractivity contribution in [2.45, 2.75) is 20.8 Å². The summed E-state index contributed by atoms with van der Waals surface area (Å²) in [6, 6.07) is 7.83. The molecule has 0 unspecified atom stereocenters. The molecule has 2 rings (SSSR count). The minimum Gasteiger partial charge on any atom is -0.331 e. The van der Waals surface area contributed by atoms with E-state index in [4.69, 9.17) is 23.8 Å². The second-order valence-electron chi connectivity index (χ2n) is 4.69. The zero-order valence-corrected chi connectivity index (χ0v) is 13.2. The van der Waals surface area contributed by atoms with E-state index in [2.05, 4.69) is 21.7 Å². The summed E-state index contributed by atoms with van der Waals surface area (Å²) in [6.45, 7) is 5.98. The molecule has 5 heteroatoms. The van der Waals surface area contributed by atoms with E-state index >= 15 is 0 Å². The van der Waals surface area contributed by atoms with E-state index < -0.39 is 0 Å². The van der Waals surface area contributed by atoms with Gasteiger partial charge in [0.2, 0.25) is 0 Å². The molecule has 0 fully saturated rings. The van der Waals surface area contributed by atoms with E-state index in [-0.39, 0.29) is 0 Å². The summed E-state index contributed by atoms with van der Waals surface area (Å²) in [4.78, 5) is 4.25. The third-order valence-corrected chi connectivity index (χ3v) is 3.41. The molecule has 2 aromatic rings. The molecule has 20 heavy (non-hydrogen) atoms. The lowest BCUT2D eigenvalue weighted by Crippen LogP contribution is -2.21. The quantitative estimate of drug-likeness (QED) is 0.803. The van der Waals surface area contributed by atoms with Crippen molar-refractivity contribution in [2.24, 2.45) is 0 Å². The number of nitrogens with zero attached hydrogens (tertiary/aromatic N) is 1. The van der Waals surface area contributed by atoms with E-state index in [1.807, 2.05) is 39.0 Å². The lowest BCUT2D eigenvalue weighted by molar-refractivity contribution is 1.27. The summed E-state index contributed by atoms with van der Waals surface area (Å²) in [5.41, 5.74) is 4.03. The molecule has 0 saturated heterocycles. The molecule has 1 heterocycles. The normalized spacial score (nSPS) is 10.2. The fourth-order valence-electron chi connectivity index (χ4n) is 1.94. The highest BCUT2D eigenvalue weighted by Gasteiger charge is 2.08. The number of hydrogen-bond acceptors (Lipinski definition) is 2. The Bertz CT molecular complexity index is 632. The van der Waals surface area contributed by atoms with Crippen LogP contribution in [0, 0.1) is 20.8 Å². The summed E-state index contributed by atoms with van der Waals surface area (Å²) >= 11 is 11.6. The van der Waals surface area contributed by atoms with Crippen molar-refractivity contribution in [3.8, 4) is 0 Å². The van der Waals surface area contributed by atoms with Gasteiger partial charge < -0.3 is 10.6 Å². The highest BCUT2D eigenvalue weighted by Crippen LogP contribution is 2.27. The molecule has 1 aromatic carbocycles. The summed E-state index contributed by atoms with van der Waals surface area (Å²) in [5.74, 6) is 0.742. The predicted octanol–water partition coefficient (Wildman–Crippen LogP) is 4.47. The average Bonchev–Trinajstić information content (AvgIpc) is 2.36. The lowest BCUT2D eigenvalue weighted by Gasteiger charge is -2.15. The van der Waals surface area contributed by atoms with Crippen molar-refractivity contribution in [2.75, 3.05) is 10.6 Å². The van der Waals surface area contributed by atoms with Gasteiger partial charge in [-0.25, -0.2) is 4.98 Å². The number of pyridine rings is 1. The first-order valence-corrected chi connectivity index (χ1v) is 7.02. The van der Waals surface area contributed by atoms with Crippen molar-refractivity contribution < 1.29 is 0 Å². The van der Waals surface area contributed by atoms with Crippen molar-refractivity contribution in [1.29, 1.82) is 0 Å². The van der Waals surface area contributed by atoms with Crippen LogP contribution in [-0.2, 0) is 0 Å². The van der Waals surface area contributed by atoms with Crippen LogP contribution < -0.4 is 10.6 Å². The van der Waals surface area contributed by atoms with Gasteiger partial charge in [0.15, 0.2) is 5.11 Å². The zero-order valence-electron chi connectivity index (χ0n) is 11.6. The van der Waals surface area contributed by atoms with Crippen LogP contribution in [0.5, 0.6) is 0 Å². The number of halogens is 1. The standard InChI is InChI=1S/C15H16ClN3S/c1-9-7-11(3)13(12(16)8-9)18-15(20)19-14-10(2)5-4-6-17-14/h4-8H,1-3H3,(H2,17,18,19,20). The number of benzene rings is 1. The van der Waals surface area contributed by atoms with Gasteiger partial charge in [-0.2, -0.15) is 0 Å². The Balaban J connectivity index is 2.15. The minimum atomic E-state index is 0.473. The first-order chi connectivity index (χ1) is 9.47. The predicted molar refractivity (Wildman–Crippen MR) is 89.7 cm³/mol. The summed E-state index contributed by atoms with van der Waals surface area (Å²) < 4.78 is 0. The molecule has 0 radical (unpaired) electrons. The first-order valence-electron chi connectivity index (χ1n) is 6.23. The number of rotatable bonds is 2. The zero-order chi connectivity index (χ0) is 14.7. The van der Waals surface area contributed by atoms with E-state index in [1.54, 1.807) is 6.20 Å². The SMILES string of the molecule is Cc1cc(C)c(NC(=S)Nc2ncccc2C)c(Cl)c1. The molecular weight excluding hydrogens is 290 g/mol. The van der Waals surface area contributed by atoms with Gasteiger partial charge >= 0.3 is 0 Å². The van der Waals surface area contributed by atoms with Crippen LogP contribution in [0.2, 0.25) is 5.02 Å². The molecular formula is C15H16ClN3S. The van der Waals surface area contributed by atoms with Crippen molar-refractivity contribution >= 4 is 40.4 Å². The Morgan fingerprint density at radius 1 is 1.15 bits per heavy atom. The van der Waals surface area contributed by atoms with Crippen LogP contribution in [0.15, 0.2) is 30.5 Å². The summed E-state index contributed by atoms with van der Waals surface area (Å²) in [6.07, 6.45) is 1.72. The molecule has 1 aromatic heterocycles. The van der Waals surface area contributed by atoms with E-state index in [1.165, 1.54) is 0 Å². The smallest absolute Gasteiger partial charge is 0.176 e. The van der Waals surface area contributed by atoms with Crippen LogP contribution in [0.25, 0.3) is 0 Å². The highest BCUT2D eigenvalue weighted by molar-refractivity contribution is 7.80. The number of aromatic nitrogens is 1. The maximum Gasteiger partial charge on any atom is 0.176 e. The summed E-state index contributed by atoms with van der Waals surface area (Å²) in [5, 5.41) is 7.34. The van der Waals surface area contributed by atoms with Gasteiger partial charge in [0, 0.05) is 6.20 Å². The maximum atomic E-state index is 6.25. The van der Waals surface area contributed by atoms with Gasteiger partial charge in [-0.3, -0.25) is 0 Å². The highest BCUT2D eigenvalue weighted by atomic mass is 35.5. The fraction of sp³-hybridized carbons (Fsp3) is 0.200. The van der Waals surface area contributed by atoms with Gasteiger partial charge in [-0.05, 0) is 61.8 Å². The first kappa shape index (κ1) is 14.8. The van der Waals surface area contributed by atoms with Crippen LogP contribution in [0.1, 0.15) is 16.7 Å². The molecule has 0 atom stereocenters. The van der Waals surface area contributed by atoms with Crippen LogP contribution >= 0.6 is 23.8 Å². The molecule has 0 bridgehead atoms. The number of thiocarbonyl (C=S) groups is 1. The van der Waals surface area contributed by atoms with Crippen molar-refractivity contribution in [1.82, 2.24) is 4.98 Å². The van der Waals surface area contributed by atoms with Crippen molar-refractivity contribution in [3.05, 3.63) is 52.2 Å². The second-order valence-corrected chi connectivity index (χ2v) is 5.50. The maximum absolute atomic E-state index is 6.25. The topological polar surface area (TPSA) is 37.0 Å². The van der Waals surface area contributed by atoms with Gasteiger partial charge in [-0.15, -0.1) is 0 Å². The molecule has 3 nitrogen and oxygen atoms in total. The number of nitrogens with one attached hydrogen (secondary N) is 2. The molecule has 0 aliphatic heterocycles. The third kappa shape index (κ3) is 3.46. The largest absolute Gasteiger partial charge is 0.331 e. The molecule has 0 amide bonds. The number of hydrogen-bond donors (Lipinski definition) is 2. The monoisotopic (exact) mass is 305 g/mol. The molecule has 0 spiro atoms. The average molecular weight is 306 g/mol. The van der Waals surface area contributed by atoms with E-state index in [0.717, 1.165) is 28.2 Å². The number of aryl methyl sites for hydroxylation is 3.